The molecule has 3 rings (SSSR count). The van der Waals surface area contributed by atoms with Crippen molar-refractivity contribution in [1.82, 2.24) is 10.2 Å². The molecule has 0 radical (unpaired) electrons. The summed E-state index contributed by atoms with van der Waals surface area (Å²) in [6.07, 6.45) is 1.09. The fourth-order valence-electron chi connectivity index (χ4n) is 3.49. The van der Waals surface area contributed by atoms with Gasteiger partial charge in [-0.3, -0.25) is 9.89 Å². The van der Waals surface area contributed by atoms with Gasteiger partial charge in [0.15, 0.2) is 5.96 Å². The number of fused-ring (bicyclic) bond motifs is 1. The number of benzene rings is 1. The zero-order valence-corrected chi connectivity index (χ0v) is 18.0. The highest BCUT2D eigenvalue weighted by Gasteiger charge is 2.29. The van der Waals surface area contributed by atoms with Gasteiger partial charge >= 0.3 is 0 Å². The number of morpholine rings is 1. The van der Waals surface area contributed by atoms with Gasteiger partial charge < -0.3 is 15.0 Å². The lowest BCUT2D eigenvalue weighted by Crippen LogP contribution is -2.52. The molecule has 140 valence electrons. The second kappa shape index (κ2) is 9.19. The van der Waals surface area contributed by atoms with Crippen LogP contribution in [-0.2, 0) is 11.2 Å². The number of nitrogens with zero attached hydrogens (tertiary/aromatic N) is 3. The van der Waals surface area contributed by atoms with Crippen molar-refractivity contribution in [3.63, 3.8) is 0 Å². The number of hydrogen-bond donors (Lipinski definition) is 1. The Morgan fingerprint density at radius 1 is 1.20 bits per heavy atom. The van der Waals surface area contributed by atoms with Crippen LogP contribution >= 0.6 is 24.0 Å². The molecule has 0 bridgehead atoms. The zero-order valence-electron chi connectivity index (χ0n) is 15.6. The number of anilines is 1. The maximum Gasteiger partial charge on any atom is 0.198 e. The van der Waals surface area contributed by atoms with Crippen LogP contribution in [0.25, 0.3) is 0 Å². The highest BCUT2D eigenvalue weighted by atomic mass is 127. The van der Waals surface area contributed by atoms with E-state index >= 15 is 0 Å². The topological polar surface area (TPSA) is 40.1 Å². The molecule has 2 aliphatic rings. The third-order valence-corrected chi connectivity index (χ3v) is 4.96. The van der Waals surface area contributed by atoms with Crippen molar-refractivity contribution >= 4 is 35.6 Å². The summed E-state index contributed by atoms with van der Waals surface area (Å²) >= 11 is 0. The van der Waals surface area contributed by atoms with E-state index in [1.54, 1.807) is 0 Å². The van der Waals surface area contributed by atoms with Crippen molar-refractivity contribution in [2.45, 2.75) is 32.7 Å². The quantitative estimate of drug-likeness (QED) is 0.428. The summed E-state index contributed by atoms with van der Waals surface area (Å²) in [6.45, 7) is 13.0. The smallest absolute Gasteiger partial charge is 0.198 e. The second-order valence-corrected chi connectivity index (χ2v) is 7.11. The lowest BCUT2D eigenvalue weighted by molar-refractivity contribution is -0.00682. The van der Waals surface area contributed by atoms with Crippen LogP contribution in [0.3, 0.4) is 0 Å². The Kier molecular flexibility index (Phi) is 7.51. The van der Waals surface area contributed by atoms with E-state index in [0.29, 0.717) is 0 Å². The van der Waals surface area contributed by atoms with E-state index in [9.17, 15) is 0 Å². The summed E-state index contributed by atoms with van der Waals surface area (Å²) in [7, 11) is 0. The Morgan fingerprint density at radius 3 is 2.64 bits per heavy atom. The molecule has 1 fully saturated rings. The molecule has 25 heavy (non-hydrogen) atoms. The molecule has 6 heteroatoms. The minimum absolute atomic E-state index is 0. The Morgan fingerprint density at radius 2 is 1.92 bits per heavy atom. The number of rotatable bonds is 4. The van der Waals surface area contributed by atoms with Gasteiger partial charge in [0, 0.05) is 37.4 Å². The fourth-order valence-corrected chi connectivity index (χ4v) is 3.49. The Labute approximate surface area is 168 Å². The molecule has 0 unspecified atom stereocenters. The molecule has 5 nitrogen and oxygen atoms in total. The van der Waals surface area contributed by atoms with Crippen LogP contribution in [0.4, 0.5) is 5.69 Å². The molecule has 1 aromatic carbocycles. The van der Waals surface area contributed by atoms with Crippen molar-refractivity contribution in [3.05, 3.63) is 29.8 Å². The lowest BCUT2D eigenvalue weighted by Gasteiger charge is -2.40. The first kappa shape index (κ1) is 20.5. The average Bonchev–Trinajstić information content (AvgIpc) is 3.03. The molecule has 2 aliphatic heterocycles. The predicted molar refractivity (Wildman–Crippen MR) is 115 cm³/mol. The second-order valence-electron chi connectivity index (χ2n) is 7.11. The van der Waals surface area contributed by atoms with E-state index < -0.39 is 0 Å². The molecule has 1 aromatic rings. The normalized spacial score (nSPS) is 18.7. The predicted octanol–water partition coefficient (Wildman–Crippen LogP) is 2.74. The van der Waals surface area contributed by atoms with Crippen LogP contribution in [0.1, 0.15) is 26.3 Å². The van der Waals surface area contributed by atoms with Crippen LogP contribution in [0.2, 0.25) is 0 Å². The summed E-state index contributed by atoms with van der Waals surface area (Å²) in [5.74, 6) is 1.00. The van der Waals surface area contributed by atoms with Gasteiger partial charge in [-0.15, -0.1) is 24.0 Å². The van der Waals surface area contributed by atoms with Crippen molar-refractivity contribution in [1.29, 1.82) is 0 Å². The van der Waals surface area contributed by atoms with Crippen molar-refractivity contribution in [2.75, 3.05) is 50.8 Å². The van der Waals surface area contributed by atoms with Crippen molar-refractivity contribution in [2.24, 2.45) is 4.99 Å². The van der Waals surface area contributed by atoms with Crippen LogP contribution in [-0.4, -0.2) is 62.3 Å². The van der Waals surface area contributed by atoms with Gasteiger partial charge in [0.1, 0.15) is 0 Å². The minimum atomic E-state index is 0. The highest BCUT2D eigenvalue weighted by molar-refractivity contribution is 14.0. The third-order valence-electron chi connectivity index (χ3n) is 4.96. The molecule has 0 amide bonds. The first-order chi connectivity index (χ1) is 11.6. The molecule has 0 spiro atoms. The number of guanidine groups is 1. The Balaban J connectivity index is 0.00000225. The van der Waals surface area contributed by atoms with E-state index in [0.717, 1.165) is 58.3 Å². The molecule has 0 aliphatic carbocycles. The van der Waals surface area contributed by atoms with Gasteiger partial charge in [-0.2, -0.15) is 0 Å². The highest BCUT2D eigenvalue weighted by Crippen LogP contribution is 2.27. The van der Waals surface area contributed by atoms with Crippen LogP contribution in [0.5, 0.6) is 0 Å². The van der Waals surface area contributed by atoms with E-state index in [1.807, 2.05) is 0 Å². The number of para-hydroxylation sites is 1. The van der Waals surface area contributed by atoms with Gasteiger partial charge in [0.05, 0.1) is 19.8 Å². The Hall–Kier alpha value is -0.860. The summed E-state index contributed by atoms with van der Waals surface area (Å²) in [5.41, 5.74) is 2.75. The molecule has 0 atom stereocenters. The van der Waals surface area contributed by atoms with E-state index in [1.165, 1.54) is 11.3 Å². The van der Waals surface area contributed by atoms with E-state index in [2.05, 4.69) is 60.2 Å². The largest absolute Gasteiger partial charge is 0.379 e. The van der Waals surface area contributed by atoms with Gasteiger partial charge in [-0.1, -0.05) is 18.2 Å². The van der Waals surface area contributed by atoms with Crippen LogP contribution < -0.4 is 10.2 Å². The third kappa shape index (κ3) is 4.86. The summed E-state index contributed by atoms with van der Waals surface area (Å²) in [5, 5.41) is 3.47. The molecule has 0 aromatic heterocycles. The maximum absolute atomic E-state index is 5.48. The lowest BCUT2D eigenvalue weighted by atomic mass is 10.0. The molecular weight excluding hydrogens is 427 g/mol. The number of hydrogen-bond acceptors (Lipinski definition) is 3. The van der Waals surface area contributed by atoms with Gasteiger partial charge in [0.25, 0.3) is 0 Å². The number of ether oxygens (including phenoxy) is 1. The van der Waals surface area contributed by atoms with Crippen molar-refractivity contribution < 1.29 is 4.74 Å². The minimum Gasteiger partial charge on any atom is -0.379 e. The zero-order chi connectivity index (χ0) is 17.0. The Bertz CT molecular complexity index is 585. The molecular formula is C19H31IN4O. The summed E-state index contributed by atoms with van der Waals surface area (Å²) in [4.78, 5) is 9.81. The summed E-state index contributed by atoms with van der Waals surface area (Å²) in [6, 6.07) is 8.64. The fraction of sp³-hybridized carbons (Fsp3) is 0.632. The average molecular weight is 458 g/mol. The van der Waals surface area contributed by atoms with Crippen LogP contribution in [0.15, 0.2) is 29.3 Å². The van der Waals surface area contributed by atoms with Gasteiger partial charge in [0.2, 0.25) is 0 Å². The van der Waals surface area contributed by atoms with Gasteiger partial charge in [-0.05, 0) is 38.8 Å². The SMILES string of the molecule is CCNC(=NCC(C)(C)N1CCOCC1)N1CCc2ccccc21.I. The number of halogens is 1. The number of aliphatic imine (C=N–C) groups is 1. The molecule has 0 saturated carbocycles. The molecule has 1 N–H and O–H groups in total. The van der Waals surface area contributed by atoms with Crippen LogP contribution in [0, 0.1) is 0 Å². The first-order valence-electron chi connectivity index (χ1n) is 9.08. The molecule has 2 heterocycles. The number of nitrogens with one attached hydrogen (secondary N) is 1. The maximum atomic E-state index is 5.48. The molecule has 1 saturated heterocycles. The first-order valence-corrected chi connectivity index (χ1v) is 9.08. The van der Waals surface area contributed by atoms with E-state index in [-0.39, 0.29) is 29.5 Å². The summed E-state index contributed by atoms with van der Waals surface area (Å²) < 4.78 is 5.48. The standard InChI is InChI=1S/C19H30N4O.HI/c1-4-20-18(23-10-9-16-7-5-6-8-17(16)23)21-15-19(2,3)22-11-13-24-14-12-22;/h5-8H,4,9-15H2,1-3H3,(H,20,21);1H. The van der Waals surface area contributed by atoms with Gasteiger partial charge in [-0.25, -0.2) is 0 Å². The van der Waals surface area contributed by atoms with E-state index in [4.69, 9.17) is 9.73 Å². The van der Waals surface area contributed by atoms with Crippen molar-refractivity contribution in [3.8, 4) is 0 Å². The monoisotopic (exact) mass is 458 g/mol.